The van der Waals surface area contributed by atoms with E-state index in [1.807, 2.05) is 18.2 Å². The molecular weight excluding hydrogens is 419 g/mol. The average Bonchev–Trinajstić information content (AvgIpc) is 2.84. The van der Waals surface area contributed by atoms with Gasteiger partial charge in [0.25, 0.3) is 0 Å². The zero-order valence-corrected chi connectivity index (χ0v) is 19.5. The Morgan fingerprint density at radius 3 is 1.56 bits per heavy atom. The Bertz CT molecular complexity index is 798. The van der Waals surface area contributed by atoms with E-state index in [9.17, 15) is 0 Å². The van der Waals surface area contributed by atoms with Crippen molar-refractivity contribution in [2.45, 2.75) is 31.2 Å². The van der Waals surface area contributed by atoms with Crippen molar-refractivity contribution in [1.29, 1.82) is 0 Å². The van der Waals surface area contributed by atoms with Gasteiger partial charge >= 0.3 is 0 Å². The smallest absolute Gasteiger partial charge is 0.250 e. The second-order valence-electron chi connectivity index (χ2n) is 7.70. The average molecular weight is 453 g/mol. The van der Waals surface area contributed by atoms with Crippen molar-refractivity contribution in [2.75, 3.05) is 20.2 Å². The lowest BCUT2D eigenvalue weighted by molar-refractivity contribution is -0.182. The molecule has 3 rings (SSSR count). The van der Waals surface area contributed by atoms with E-state index in [2.05, 4.69) is 82.9 Å². The molecule has 0 fully saturated rings. The van der Waals surface area contributed by atoms with Crippen LogP contribution in [0.5, 0.6) is 0 Å². The van der Waals surface area contributed by atoms with Crippen LogP contribution in [0, 0.1) is 0 Å². The first-order valence-corrected chi connectivity index (χ1v) is 12.3. The van der Waals surface area contributed by atoms with Crippen LogP contribution in [0.25, 0.3) is 0 Å². The van der Waals surface area contributed by atoms with Gasteiger partial charge in [0.2, 0.25) is 8.53 Å². The lowest BCUT2D eigenvalue weighted by Gasteiger charge is -2.44. The minimum atomic E-state index is -2.01. The topological polar surface area (TPSA) is 65.0 Å². The van der Waals surface area contributed by atoms with E-state index < -0.39 is 14.1 Å². The van der Waals surface area contributed by atoms with Gasteiger partial charge in [-0.25, -0.2) is 0 Å². The normalized spacial score (nSPS) is 11.9. The molecule has 3 aromatic rings. The van der Waals surface area contributed by atoms with E-state index in [-0.39, 0.29) is 0 Å². The Hall–Kier alpha value is -2.11. The first-order chi connectivity index (χ1) is 15.7. The van der Waals surface area contributed by atoms with Crippen molar-refractivity contribution in [3.8, 4) is 0 Å². The van der Waals surface area contributed by atoms with Gasteiger partial charge in [-0.2, -0.15) is 5.06 Å². The highest BCUT2D eigenvalue weighted by molar-refractivity contribution is 7.42. The van der Waals surface area contributed by atoms with Crippen molar-refractivity contribution in [1.82, 2.24) is 10.2 Å². The van der Waals surface area contributed by atoms with E-state index in [0.29, 0.717) is 6.54 Å². The van der Waals surface area contributed by atoms with Gasteiger partial charge < -0.3 is 14.6 Å². The molecule has 3 aromatic carbocycles. The van der Waals surface area contributed by atoms with E-state index in [1.165, 1.54) is 0 Å². The molecular formula is C26H33N2O3P. The van der Waals surface area contributed by atoms with Gasteiger partial charge in [-0.1, -0.05) is 104 Å². The van der Waals surface area contributed by atoms with Gasteiger partial charge in [0.1, 0.15) is 5.54 Å². The molecule has 0 radical (unpaired) electrons. The van der Waals surface area contributed by atoms with Gasteiger partial charge in [-0.05, 0) is 29.5 Å². The molecule has 0 saturated carbocycles. The van der Waals surface area contributed by atoms with Crippen LogP contribution in [0.4, 0.5) is 0 Å². The zero-order chi connectivity index (χ0) is 22.7. The third kappa shape index (κ3) is 6.02. The number of nitrogens with zero attached hydrogens (tertiary/aromatic N) is 1. The summed E-state index contributed by atoms with van der Waals surface area (Å²) in [6.07, 6.45) is 3.93. The molecule has 6 heteroatoms. The van der Waals surface area contributed by atoms with Crippen LogP contribution < -0.4 is 5.09 Å². The number of unbranched alkanes of at least 4 members (excludes halogenated alkanes) is 3. The standard InChI is InChI=1S/C26H33N2O3P/c1-31-28(22-14-3-2-13-21-27-32(29)30)26(23-15-7-4-8-16-23,24-17-9-5-10-18-24)25-19-11-6-12-20-25/h4-12,15-20,27,29-30H,2-3,13-14,21-22H2,1H3. The number of hydrogen-bond acceptors (Lipinski definition) is 5. The molecule has 0 unspecified atom stereocenters. The highest BCUT2D eigenvalue weighted by Crippen LogP contribution is 2.42. The van der Waals surface area contributed by atoms with Crippen molar-refractivity contribution in [3.63, 3.8) is 0 Å². The lowest BCUT2D eigenvalue weighted by Crippen LogP contribution is -2.48. The number of hydrogen-bond donors (Lipinski definition) is 3. The number of hydroxylamine groups is 2. The molecule has 0 atom stereocenters. The second kappa shape index (κ2) is 12.8. The van der Waals surface area contributed by atoms with Crippen molar-refractivity contribution < 1.29 is 14.6 Å². The van der Waals surface area contributed by atoms with Gasteiger partial charge in [0, 0.05) is 13.1 Å². The van der Waals surface area contributed by atoms with Gasteiger partial charge in [0.05, 0.1) is 7.11 Å². The van der Waals surface area contributed by atoms with Crippen LogP contribution in [0.3, 0.4) is 0 Å². The maximum absolute atomic E-state index is 8.96. The van der Waals surface area contributed by atoms with Crippen molar-refractivity contribution in [2.24, 2.45) is 0 Å². The van der Waals surface area contributed by atoms with Crippen molar-refractivity contribution in [3.05, 3.63) is 108 Å². The van der Waals surface area contributed by atoms with Crippen LogP contribution in [-0.2, 0) is 10.4 Å². The van der Waals surface area contributed by atoms with Gasteiger partial charge in [-0.15, -0.1) is 0 Å². The molecule has 0 aliphatic carbocycles. The number of benzene rings is 3. The third-order valence-corrected chi connectivity index (χ3v) is 6.22. The summed E-state index contributed by atoms with van der Waals surface area (Å²) in [6.45, 7) is 1.38. The molecule has 0 spiro atoms. The quantitative estimate of drug-likeness (QED) is 0.144. The maximum atomic E-state index is 8.96. The van der Waals surface area contributed by atoms with Gasteiger partial charge in [-0.3, -0.25) is 5.09 Å². The molecule has 0 aliphatic heterocycles. The minimum Gasteiger partial charge on any atom is -0.338 e. The fourth-order valence-electron chi connectivity index (χ4n) is 4.28. The van der Waals surface area contributed by atoms with Crippen LogP contribution >= 0.6 is 8.53 Å². The molecule has 0 bridgehead atoms. The number of rotatable bonds is 13. The summed E-state index contributed by atoms with van der Waals surface area (Å²) in [5.41, 5.74) is 2.89. The van der Waals surface area contributed by atoms with Crippen LogP contribution in [0.15, 0.2) is 91.0 Å². The Balaban J connectivity index is 1.91. The first kappa shape index (κ1) is 24.5. The molecule has 0 aliphatic rings. The van der Waals surface area contributed by atoms with E-state index in [0.717, 1.165) is 48.9 Å². The summed E-state index contributed by atoms with van der Waals surface area (Å²) in [6, 6.07) is 31.6. The predicted octanol–water partition coefficient (Wildman–Crippen LogP) is 5.20. The lowest BCUT2D eigenvalue weighted by atomic mass is 9.76. The first-order valence-electron chi connectivity index (χ1n) is 11.1. The van der Waals surface area contributed by atoms with E-state index in [4.69, 9.17) is 14.6 Å². The molecule has 170 valence electrons. The summed E-state index contributed by atoms with van der Waals surface area (Å²) in [4.78, 5) is 24.0. The number of nitrogens with one attached hydrogen (secondary N) is 1. The summed E-state index contributed by atoms with van der Waals surface area (Å²) < 4.78 is 0. The molecule has 0 aromatic heterocycles. The van der Waals surface area contributed by atoms with Crippen LogP contribution in [0.1, 0.15) is 42.4 Å². The summed E-state index contributed by atoms with van der Waals surface area (Å²) in [5, 5.41) is 4.79. The van der Waals surface area contributed by atoms with Crippen LogP contribution in [0.2, 0.25) is 0 Å². The third-order valence-electron chi connectivity index (χ3n) is 5.71. The second-order valence-corrected chi connectivity index (χ2v) is 8.60. The largest absolute Gasteiger partial charge is 0.338 e. The Morgan fingerprint density at radius 1 is 0.719 bits per heavy atom. The van der Waals surface area contributed by atoms with E-state index in [1.54, 1.807) is 7.11 Å². The monoisotopic (exact) mass is 452 g/mol. The molecule has 3 N–H and O–H groups in total. The Kier molecular flexibility index (Phi) is 9.82. The molecule has 0 amide bonds. The van der Waals surface area contributed by atoms with E-state index >= 15 is 0 Å². The van der Waals surface area contributed by atoms with Crippen molar-refractivity contribution >= 4 is 8.53 Å². The summed E-state index contributed by atoms with van der Waals surface area (Å²) in [7, 11) is -0.261. The van der Waals surface area contributed by atoms with Gasteiger partial charge in [0.15, 0.2) is 0 Å². The highest BCUT2D eigenvalue weighted by Gasteiger charge is 2.42. The zero-order valence-electron chi connectivity index (χ0n) is 18.6. The Labute approximate surface area is 192 Å². The Morgan fingerprint density at radius 2 is 1.16 bits per heavy atom. The molecule has 0 heterocycles. The molecule has 5 nitrogen and oxygen atoms in total. The molecule has 0 saturated heterocycles. The van der Waals surface area contributed by atoms with Crippen LogP contribution in [-0.4, -0.2) is 35.0 Å². The highest BCUT2D eigenvalue weighted by atomic mass is 31.2. The molecule has 32 heavy (non-hydrogen) atoms. The minimum absolute atomic E-state index is 0.580. The predicted molar refractivity (Wildman–Crippen MR) is 131 cm³/mol. The maximum Gasteiger partial charge on any atom is 0.250 e. The SMILES string of the molecule is CON(CCCCCCNP(O)O)C(c1ccccc1)(c1ccccc1)c1ccccc1. The summed E-state index contributed by atoms with van der Waals surface area (Å²) >= 11 is 0. The fourth-order valence-corrected chi connectivity index (χ4v) is 4.64. The summed E-state index contributed by atoms with van der Waals surface area (Å²) in [5.74, 6) is 0. The fraction of sp³-hybridized carbons (Fsp3) is 0.308.